The Morgan fingerprint density at radius 1 is 0.927 bits per heavy atom. The molecule has 2 atom stereocenters. The second-order valence-electron chi connectivity index (χ2n) is 15.5. The van der Waals surface area contributed by atoms with E-state index in [-0.39, 0.29) is 35.7 Å². The van der Waals surface area contributed by atoms with Gasteiger partial charge in [-0.25, -0.2) is 9.18 Å². The lowest BCUT2D eigenvalue weighted by Crippen LogP contribution is -2.67. The van der Waals surface area contributed by atoms with Crippen molar-refractivity contribution in [2.75, 3.05) is 58.1 Å². The number of nitrogens with zero attached hydrogens (tertiary/aromatic N) is 2. The maximum Gasteiger partial charge on any atom is 0.409 e. The molecule has 2 aliphatic heterocycles. The zero-order chi connectivity index (χ0) is 39.6. The number of ether oxygens (including phenoxy) is 5. The van der Waals surface area contributed by atoms with E-state index in [9.17, 15) is 14.3 Å². The molecule has 55 heavy (non-hydrogen) atoms. The van der Waals surface area contributed by atoms with Gasteiger partial charge in [0, 0.05) is 32.4 Å². The molecule has 0 bridgehead atoms. The maximum atomic E-state index is 13.6. The van der Waals surface area contributed by atoms with Gasteiger partial charge in [0.15, 0.2) is 5.72 Å². The lowest BCUT2D eigenvalue weighted by molar-refractivity contribution is -0.204. The zero-order valence-electron chi connectivity index (χ0n) is 33.7. The van der Waals surface area contributed by atoms with Crippen LogP contribution >= 0.6 is 0 Å². The number of fused-ring (bicyclic) bond motifs is 1. The summed E-state index contributed by atoms with van der Waals surface area (Å²) in [6.07, 6.45) is 0.546. The molecule has 1 amide bonds. The first kappa shape index (κ1) is 42.5. The molecule has 5 rings (SSSR count). The van der Waals surface area contributed by atoms with Crippen molar-refractivity contribution in [1.82, 2.24) is 4.90 Å². The summed E-state index contributed by atoms with van der Waals surface area (Å²) in [5, 5.41) is 10.9. The number of likely N-dealkylation sites (tertiary alicyclic amines) is 1. The molecule has 2 heterocycles. The molecule has 0 aliphatic carbocycles. The van der Waals surface area contributed by atoms with E-state index in [0.717, 1.165) is 47.6 Å². The molecule has 12 heteroatoms. The third-order valence-electron chi connectivity index (χ3n) is 11.1. The first-order chi connectivity index (χ1) is 26.4. The Morgan fingerprint density at radius 3 is 2.33 bits per heavy atom. The summed E-state index contributed by atoms with van der Waals surface area (Å²) in [4.78, 5) is 17.2. The SMILES string of the molecule is COCCCN1CCOc2ccc(COC3CCCN(C(=O)O)C3(O[Si](C(C)C)(C(C)C)C(C)C)c3ccc(OCCOCc4cccc(F)c4)cc3)cc21. The van der Waals surface area contributed by atoms with Gasteiger partial charge in [-0.2, -0.15) is 0 Å². The summed E-state index contributed by atoms with van der Waals surface area (Å²) in [7, 11) is -0.998. The predicted octanol–water partition coefficient (Wildman–Crippen LogP) is 9.36. The third-order valence-corrected chi connectivity index (χ3v) is 17.2. The highest BCUT2D eigenvalue weighted by atomic mass is 28.4. The van der Waals surface area contributed by atoms with E-state index in [0.29, 0.717) is 51.6 Å². The molecule has 0 spiro atoms. The fourth-order valence-corrected chi connectivity index (χ4v) is 14.2. The fraction of sp³-hybridized carbons (Fsp3) is 0.558. The molecular formula is C43H61FN2O8Si. The second kappa shape index (κ2) is 19.5. The van der Waals surface area contributed by atoms with Crippen molar-refractivity contribution in [2.45, 2.75) is 102 Å². The van der Waals surface area contributed by atoms with E-state index in [2.05, 4.69) is 52.5 Å². The molecule has 10 nitrogen and oxygen atoms in total. The summed E-state index contributed by atoms with van der Waals surface area (Å²) in [6.45, 7) is 17.7. The molecule has 0 aromatic heterocycles. The summed E-state index contributed by atoms with van der Waals surface area (Å²) in [6, 6.07) is 20.1. The second-order valence-corrected chi connectivity index (χ2v) is 20.9. The van der Waals surface area contributed by atoms with Gasteiger partial charge in [-0.3, -0.25) is 4.90 Å². The van der Waals surface area contributed by atoms with Crippen molar-refractivity contribution in [3.63, 3.8) is 0 Å². The number of amides is 1. The first-order valence-corrected chi connectivity index (χ1v) is 21.9. The summed E-state index contributed by atoms with van der Waals surface area (Å²) in [5.41, 5.74) is 2.67. The van der Waals surface area contributed by atoms with Crippen LogP contribution in [0.4, 0.5) is 14.9 Å². The topological polar surface area (TPSA) is 99.2 Å². The van der Waals surface area contributed by atoms with E-state index in [4.69, 9.17) is 28.1 Å². The Morgan fingerprint density at radius 2 is 1.65 bits per heavy atom. The standard InChI is InChI=1S/C43H61FN2O8Si/c1-31(2)55(32(3)4,33(5)6)54-43(36-15-17-38(18-16-36)51-26-25-50-29-34-11-8-12-37(44)27-34)41(13-9-21-46(43)42(47)48)53-30-35-14-19-40-39(28-35)45(22-24-52-40)20-10-23-49-7/h8,11-12,14-19,27-28,31-33,41H,9-10,13,20-26,29-30H2,1-7H3,(H,47,48). The Labute approximate surface area is 327 Å². The highest BCUT2D eigenvalue weighted by molar-refractivity contribution is 6.77. The van der Waals surface area contributed by atoms with Gasteiger partial charge in [0.1, 0.15) is 36.6 Å². The van der Waals surface area contributed by atoms with Gasteiger partial charge < -0.3 is 38.1 Å². The number of anilines is 1. The number of hydrogen-bond acceptors (Lipinski definition) is 8. The van der Waals surface area contributed by atoms with Crippen LogP contribution in [0.2, 0.25) is 16.6 Å². The van der Waals surface area contributed by atoms with E-state index < -0.39 is 26.2 Å². The number of halogens is 1. The van der Waals surface area contributed by atoms with Crippen molar-refractivity contribution < 1.29 is 42.4 Å². The van der Waals surface area contributed by atoms with Crippen molar-refractivity contribution in [2.24, 2.45) is 0 Å². The Hall–Kier alpha value is -3.68. The monoisotopic (exact) mass is 780 g/mol. The van der Waals surface area contributed by atoms with Gasteiger partial charge in [-0.1, -0.05) is 71.9 Å². The molecule has 0 radical (unpaired) electrons. The van der Waals surface area contributed by atoms with Crippen LogP contribution in [-0.2, 0) is 37.6 Å². The van der Waals surface area contributed by atoms with Gasteiger partial charge in [0.25, 0.3) is 0 Å². The lowest BCUT2D eigenvalue weighted by Gasteiger charge is -2.56. The smallest absolute Gasteiger partial charge is 0.409 e. The molecule has 302 valence electrons. The van der Waals surface area contributed by atoms with Crippen LogP contribution in [-0.4, -0.2) is 83.7 Å². The fourth-order valence-electron chi connectivity index (χ4n) is 8.61. The van der Waals surface area contributed by atoms with Crippen LogP contribution in [0.3, 0.4) is 0 Å². The summed E-state index contributed by atoms with van der Waals surface area (Å²) >= 11 is 0. The first-order valence-electron chi connectivity index (χ1n) is 19.8. The van der Waals surface area contributed by atoms with E-state index in [1.54, 1.807) is 13.2 Å². The highest BCUT2D eigenvalue weighted by Gasteiger charge is 2.59. The molecule has 2 unspecified atom stereocenters. The van der Waals surface area contributed by atoms with Crippen LogP contribution in [0.25, 0.3) is 0 Å². The minimum absolute atomic E-state index is 0.197. The van der Waals surface area contributed by atoms with E-state index in [1.165, 1.54) is 17.0 Å². The van der Waals surface area contributed by atoms with Gasteiger partial charge in [0.2, 0.25) is 8.32 Å². The third kappa shape index (κ3) is 9.83. The van der Waals surface area contributed by atoms with Gasteiger partial charge in [-0.15, -0.1) is 0 Å². The summed E-state index contributed by atoms with van der Waals surface area (Å²) < 4.78 is 51.3. The van der Waals surface area contributed by atoms with E-state index >= 15 is 0 Å². The minimum Gasteiger partial charge on any atom is -0.491 e. The van der Waals surface area contributed by atoms with Crippen molar-refractivity contribution in [3.8, 4) is 11.5 Å². The number of methoxy groups -OCH3 is 1. The Bertz CT molecular complexity index is 1650. The van der Waals surface area contributed by atoms with Crippen LogP contribution in [0, 0.1) is 5.82 Å². The number of rotatable bonds is 19. The zero-order valence-corrected chi connectivity index (χ0v) is 34.7. The molecule has 3 aromatic rings. The maximum absolute atomic E-state index is 13.6. The summed E-state index contributed by atoms with van der Waals surface area (Å²) in [5.74, 6) is 1.17. The average molecular weight is 781 g/mol. The van der Waals surface area contributed by atoms with Gasteiger partial charge in [-0.05, 0) is 83.4 Å². The number of carbonyl (C=O) groups is 1. The van der Waals surface area contributed by atoms with Crippen LogP contribution < -0.4 is 14.4 Å². The Kier molecular flexibility index (Phi) is 15.0. The van der Waals surface area contributed by atoms with Crippen LogP contribution in [0.1, 0.15) is 77.5 Å². The highest BCUT2D eigenvalue weighted by Crippen LogP contribution is 2.51. The van der Waals surface area contributed by atoms with Gasteiger partial charge in [0.05, 0.1) is 32.1 Å². The van der Waals surface area contributed by atoms with E-state index in [1.807, 2.05) is 42.5 Å². The van der Waals surface area contributed by atoms with Crippen molar-refractivity contribution in [3.05, 3.63) is 89.2 Å². The lowest BCUT2D eigenvalue weighted by atomic mass is 9.88. The minimum atomic E-state index is -2.72. The molecule has 1 N–H and O–H groups in total. The molecule has 1 saturated heterocycles. The normalized spacial score (nSPS) is 18.9. The largest absolute Gasteiger partial charge is 0.491 e. The molecular weight excluding hydrogens is 720 g/mol. The van der Waals surface area contributed by atoms with Crippen molar-refractivity contribution >= 4 is 20.1 Å². The number of piperidine rings is 1. The van der Waals surface area contributed by atoms with Crippen molar-refractivity contribution in [1.29, 1.82) is 0 Å². The quantitative estimate of drug-likeness (QED) is 0.0943. The Balaban J connectivity index is 1.45. The molecule has 3 aromatic carbocycles. The molecule has 0 saturated carbocycles. The van der Waals surface area contributed by atoms with Crippen LogP contribution in [0.15, 0.2) is 66.7 Å². The van der Waals surface area contributed by atoms with Crippen LogP contribution in [0.5, 0.6) is 11.5 Å². The number of hydrogen-bond donors (Lipinski definition) is 1. The van der Waals surface area contributed by atoms with Gasteiger partial charge >= 0.3 is 6.09 Å². The number of benzene rings is 3. The average Bonchev–Trinajstić information content (AvgIpc) is 3.16. The molecule has 1 fully saturated rings. The predicted molar refractivity (Wildman–Crippen MR) is 215 cm³/mol. The number of carboxylic acid groups (broad SMARTS) is 1. The molecule has 2 aliphatic rings.